The molecule has 0 aliphatic carbocycles. The van der Waals surface area contributed by atoms with Gasteiger partial charge in [0.1, 0.15) is 0 Å². The first-order valence-corrected chi connectivity index (χ1v) is 13.3. The smallest absolute Gasteiger partial charge is 0.262 e. The largest absolute Gasteiger partial charge is 0.339 e. The molecule has 0 aliphatic heterocycles. The van der Waals surface area contributed by atoms with Crippen molar-refractivity contribution in [1.29, 1.82) is 0 Å². The van der Waals surface area contributed by atoms with E-state index in [1.54, 1.807) is 39.8 Å². The van der Waals surface area contributed by atoms with Crippen LogP contribution in [0.4, 0.5) is 5.69 Å². The minimum absolute atomic E-state index is 0.0253. The van der Waals surface area contributed by atoms with Crippen LogP contribution in [-0.2, 0) is 11.3 Å². The number of carbonyl (C=O) groups is 2. The number of nitrogens with one attached hydrogen (secondary N) is 1. The van der Waals surface area contributed by atoms with Crippen LogP contribution in [0.15, 0.2) is 58.5 Å². The molecule has 0 atom stereocenters. The number of hydrogen-bond donors (Lipinski definition) is 1. The Kier molecular flexibility index (Phi) is 9.90. The second-order valence-electron chi connectivity index (χ2n) is 8.32. The highest BCUT2D eigenvalue weighted by atomic mass is 32.2. The number of para-hydroxylation sites is 1. The molecule has 8 heteroatoms. The molecule has 3 aromatic rings. The van der Waals surface area contributed by atoms with Crippen LogP contribution in [0.2, 0.25) is 0 Å². The molecule has 0 spiro atoms. The van der Waals surface area contributed by atoms with Gasteiger partial charge in [0.15, 0.2) is 5.16 Å². The van der Waals surface area contributed by atoms with E-state index < -0.39 is 0 Å². The zero-order chi connectivity index (χ0) is 25.2. The lowest BCUT2D eigenvalue weighted by atomic mass is 10.2. The lowest BCUT2D eigenvalue weighted by Crippen LogP contribution is -2.30. The quantitative estimate of drug-likeness (QED) is 0.213. The van der Waals surface area contributed by atoms with E-state index in [1.165, 1.54) is 11.8 Å². The molecule has 2 amide bonds. The minimum atomic E-state index is -0.197. The van der Waals surface area contributed by atoms with E-state index in [0.29, 0.717) is 46.9 Å². The van der Waals surface area contributed by atoms with Crippen LogP contribution in [-0.4, -0.2) is 45.1 Å². The molecule has 0 radical (unpaired) electrons. The summed E-state index contributed by atoms with van der Waals surface area (Å²) >= 11 is 1.26. The molecule has 1 aromatic heterocycles. The van der Waals surface area contributed by atoms with Crippen molar-refractivity contribution in [3.63, 3.8) is 0 Å². The second-order valence-corrected chi connectivity index (χ2v) is 9.26. The third kappa shape index (κ3) is 6.94. The molecule has 0 bridgehead atoms. The molecular weight excluding hydrogens is 460 g/mol. The average Bonchev–Trinajstić information content (AvgIpc) is 2.87. The fourth-order valence-corrected chi connectivity index (χ4v) is 4.69. The van der Waals surface area contributed by atoms with Crippen molar-refractivity contribution in [2.24, 2.45) is 0 Å². The van der Waals surface area contributed by atoms with Crippen LogP contribution >= 0.6 is 11.8 Å². The van der Waals surface area contributed by atoms with E-state index in [-0.39, 0.29) is 23.1 Å². The maximum atomic E-state index is 13.1. The number of benzene rings is 2. The number of rotatable bonds is 12. The first-order valence-electron chi connectivity index (χ1n) is 12.3. The molecule has 2 aromatic carbocycles. The highest BCUT2D eigenvalue weighted by Crippen LogP contribution is 2.20. The van der Waals surface area contributed by atoms with Crippen molar-refractivity contribution in [2.75, 3.05) is 24.2 Å². The first-order chi connectivity index (χ1) is 17.0. The van der Waals surface area contributed by atoms with Gasteiger partial charge < -0.3 is 10.2 Å². The average molecular weight is 495 g/mol. The first kappa shape index (κ1) is 26.5. The predicted octanol–water partition coefficient (Wildman–Crippen LogP) is 5.19. The van der Waals surface area contributed by atoms with Gasteiger partial charge in [0.25, 0.3) is 11.5 Å². The number of nitrogens with zero attached hydrogens (tertiary/aromatic N) is 3. The summed E-state index contributed by atoms with van der Waals surface area (Å²) in [5.74, 6) is -0.0969. The van der Waals surface area contributed by atoms with Crippen LogP contribution in [0.25, 0.3) is 10.9 Å². The SMILES string of the molecule is CCCCCCn1c(SCC(=O)Nc2ccc(C(=O)N(CC)CC)cc2)nc2ccccc2c1=O. The van der Waals surface area contributed by atoms with Gasteiger partial charge in [0.2, 0.25) is 5.91 Å². The number of thioether (sulfide) groups is 1. The number of fused-ring (bicyclic) bond motifs is 1. The lowest BCUT2D eigenvalue weighted by Gasteiger charge is -2.18. The molecule has 1 heterocycles. The van der Waals surface area contributed by atoms with Gasteiger partial charge >= 0.3 is 0 Å². The van der Waals surface area contributed by atoms with Gasteiger partial charge in [-0.3, -0.25) is 19.0 Å². The van der Waals surface area contributed by atoms with Gasteiger partial charge in [-0.1, -0.05) is 50.1 Å². The Morgan fingerprint density at radius 1 is 0.971 bits per heavy atom. The number of amides is 2. The fraction of sp³-hybridized carbons (Fsp3) is 0.407. The zero-order valence-corrected chi connectivity index (χ0v) is 21.6. The number of aromatic nitrogens is 2. The van der Waals surface area contributed by atoms with Gasteiger partial charge in [0, 0.05) is 30.9 Å². The molecule has 0 saturated carbocycles. The van der Waals surface area contributed by atoms with Crippen LogP contribution in [0, 0.1) is 0 Å². The van der Waals surface area contributed by atoms with Crippen molar-refractivity contribution < 1.29 is 9.59 Å². The maximum absolute atomic E-state index is 13.1. The Hall–Kier alpha value is -3.13. The van der Waals surface area contributed by atoms with Gasteiger partial charge in [-0.25, -0.2) is 4.98 Å². The Morgan fingerprint density at radius 2 is 1.69 bits per heavy atom. The predicted molar refractivity (Wildman–Crippen MR) is 143 cm³/mol. The molecular formula is C27H34N4O3S. The van der Waals surface area contributed by atoms with Crippen LogP contribution in [0.3, 0.4) is 0 Å². The minimum Gasteiger partial charge on any atom is -0.339 e. The Balaban J connectivity index is 1.68. The van der Waals surface area contributed by atoms with Gasteiger partial charge in [-0.15, -0.1) is 0 Å². The number of hydrogen-bond acceptors (Lipinski definition) is 5. The van der Waals surface area contributed by atoms with E-state index >= 15 is 0 Å². The molecule has 1 N–H and O–H groups in total. The number of anilines is 1. The molecule has 0 fully saturated rings. The van der Waals surface area contributed by atoms with Crippen LogP contribution in [0.1, 0.15) is 56.8 Å². The van der Waals surface area contributed by atoms with E-state index in [9.17, 15) is 14.4 Å². The van der Waals surface area contributed by atoms with Crippen molar-refractivity contribution in [1.82, 2.24) is 14.5 Å². The molecule has 35 heavy (non-hydrogen) atoms. The van der Waals surface area contributed by atoms with Crippen molar-refractivity contribution in [3.05, 3.63) is 64.4 Å². The third-order valence-electron chi connectivity index (χ3n) is 5.86. The summed E-state index contributed by atoms with van der Waals surface area (Å²) in [5, 5.41) is 4.02. The highest BCUT2D eigenvalue weighted by molar-refractivity contribution is 7.99. The summed E-state index contributed by atoms with van der Waals surface area (Å²) in [7, 11) is 0. The normalized spacial score (nSPS) is 10.9. The van der Waals surface area contributed by atoms with Crippen molar-refractivity contribution in [3.8, 4) is 0 Å². The summed E-state index contributed by atoms with van der Waals surface area (Å²) in [5.41, 5.74) is 1.78. The summed E-state index contributed by atoms with van der Waals surface area (Å²) in [6, 6.07) is 14.2. The molecule has 0 aliphatic rings. The summed E-state index contributed by atoms with van der Waals surface area (Å²) in [6.45, 7) is 7.93. The van der Waals surface area contributed by atoms with Crippen LogP contribution < -0.4 is 10.9 Å². The van der Waals surface area contributed by atoms with E-state index in [4.69, 9.17) is 0 Å². The Morgan fingerprint density at radius 3 is 2.37 bits per heavy atom. The van der Waals surface area contributed by atoms with Crippen LogP contribution in [0.5, 0.6) is 0 Å². The monoisotopic (exact) mass is 494 g/mol. The fourth-order valence-electron chi connectivity index (χ4n) is 3.87. The van der Waals surface area contributed by atoms with Crippen molar-refractivity contribution >= 4 is 40.2 Å². The Labute approximate surface area is 210 Å². The molecule has 0 saturated heterocycles. The summed E-state index contributed by atoms with van der Waals surface area (Å²) in [4.78, 5) is 44.6. The third-order valence-corrected chi connectivity index (χ3v) is 6.84. The second kappa shape index (κ2) is 13.1. The molecule has 0 unspecified atom stereocenters. The zero-order valence-electron chi connectivity index (χ0n) is 20.8. The van der Waals surface area contributed by atoms with Gasteiger partial charge in [-0.05, 0) is 56.7 Å². The number of carbonyl (C=O) groups excluding carboxylic acids is 2. The standard InChI is InChI=1S/C27H34N4O3S/c1-4-7-8-11-18-31-26(34)22-12-9-10-13-23(22)29-27(31)35-19-24(32)28-21-16-14-20(15-17-21)25(33)30(5-2)6-3/h9-10,12-17H,4-8,11,18-19H2,1-3H3,(H,28,32). The molecule has 7 nitrogen and oxygen atoms in total. The molecule has 186 valence electrons. The van der Waals surface area contributed by atoms with E-state index in [2.05, 4.69) is 17.2 Å². The maximum Gasteiger partial charge on any atom is 0.262 e. The lowest BCUT2D eigenvalue weighted by molar-refractivity contribution is -0.113. The van der Waals surface area contributed by atoms with Crippen molar-refractivity contribution in [2.45, 2.75) is 58.2 Å². The summed E-state index contributed by atoms with van der Waals surface area (Å²) in [6.07, 6.45) is 4.19. The topological polar surface area (TPSA) is 84.3 Å². The number of unbranched alkanes of at least 4 members (excludes halogenated alkanes) is 3. The van der Waals surface area contributed by atoms with Gasteiger partial charge in [0.05, 0.1) is 16.7 Å². The van der Waals surface area contributed by atoms with E-state index in [0.717, 1.165) is 25.7 Å². The molecule has 3 rings (SSSR count). The highest BCUT2D eigenvalue weighted by Gasteiger charge is 2.15. The van der Waals surface area contributed by atoms with Gasteiger partial charge in [-0.2, -0.15) is 0 Å². The Bertz CT molecular complexity index is 1200. The van der Waals surface area contributed by atoms with E-state index in [1.807, 2.05) is 32.0 Å². The summed E-state index contributed by atoms with van der Waals surface area (Å²) < 4.78 is 1.70.